The van der Waals surface area contributed by atoms with E-state index in [2.05, 4.69) is 24.0 Å². The molecule has 76 valence electrons. The number of benzene rings is 1. The molecule has 0 saturated heterocycles. The molecule has 2 nitrogen and oxygen atoms in total. The predicted molar refractivity (Wildman–Crippen MR) is 60.4 cm³/mol. The van der Waals surface area contributed by atoms with Crippen molar-refractivity contribution in [2.45, 2.75) is 19.4 Å². The molecule has 1 aliphatic heterocycles. The highest BCUT2D eigenvalue weighted by molar-refractivity contribution is 7.11. The summed E-state index contributed by atoms with van der Waals surface area (Å²) in [6.07, 6.45) is 2.98. The van der Waals surface area contributed by atoms with Crippen LogP contribution in [0.1, 0.15) is 21.6 Å². The summed E-state index contributed by atoms with van der Waals surface area (Å²) in [5.41, 5.74) is 1.29. The van der Waals surface area contributed by atoms with E-state index >= 15 is 0 Å². The van der Waals surface area contributed by atoms with Crippen molar-refractivity contribution in [2.24, 2.45) is 0 Å². The Balaban J connectivity index is 1.90. The van der Waals surface area contributed by atoms with Crippen LogP contribution in [0.25, 0.3) is 0 Å². The summed E-state index contributed by atoms with van der Waals surface area (Å²) in [6, 6.07) is 8.21. The Morgan fingerprint density at radius 1 is 1.40 bits per heavy atom. The van der Waals surface area contributed by atoms with E-state index in [1.165, 1.54) is 10.4 Å². The van der Waals surface area contributed by atoms with Gasteiger partial charge in [-0.2, -0.15) is 0 Å². The molecule has 1 aromatic carbocycles. The van der Waals surface area contributed by atoms with Crippen LogP contribution in [0.15, 0.2) is 30.5 Å². The van der Waals surface area contributed by atoms with Gasteiger partial charge in [0.1, 0.15) is 10.8 Å². The summed E-state index contributed by atoms with van der Waals surface area (Å²) >= 11 is 1.72. The van der Waals surface area contributed by atoms with Crippen LogP contribution in [0.2, 0.25) is 0 Å². The Morgan fingerprint density at radius 3 is 3.00 bits per heavy atom. The van der Waals surface area contributed by atoms with Crippen molar-refractivity contribution in [2.75, 3.05) is 0 Å². The molecule has 1 atom stereocenters. The minimum absolute atomic E-state index is 0.126. The summed E-state index contributed by atoms with van der Waals surface area (Å²) < 4.78 is 5.85. The van der Waals surface area contributed by atoms with E-state index in [0.29, 0.717) is 0 Å². The molecule has 1 aliphatic rings. The van der Waals surface area contributed by atoms with Gasteiger partial charge in [0.25, 0.3) is 0 Å². The number of rotatable bonds is 1. The van der Waals surface area contributed by atoms with Gasteiger partial charge in [0.2, 0.25) is 0 Å². The van der Waals surface area contributed by atoms with Crippen molar-refractivity contribution in [1.29, 1.82) is 0 Å². The molecule has 3 rings (SSSR count). The molecule has 0 saturated carbocycles. The second kappa shape index (κ2) is 3.35. The first-order valence-electron chi connectivity index (χ1n) is 5.00. The van der Waals surface area contributed by atoms with Gasteiger partial charge in [0, 0.05) is 17.5 Å². The molecule has 1 unspecified atom stereocenters. The fourth-order valence-electron chi connectivity index (χ4n) is 1.84. The zero-order chi connectivity index (χ0) is 10.3. The van der Waals surface area contributed by atoms with Crippen LogP contribution in [-0.4, -0.2) is 4.98 Å². The molecule has 0 spiro atoms. The standard InChI is InChI=1S/C12H11NOS/c1-8-7-13-12(15-8)11-6-9-4-2-3-5-10(9)14-11/h2-5,7,11H,6H2,1H3. The second-order valence-electron chi connectivity index (χ2n) is 3.73. The van der Waals surface area contributed by atoms with Crippen LogP contribution in [0.5, 0.6) is 5.75 Å². The maximum absolute atomic E-state index is 5.85. The molecule has 0 radical (unpaired) electrons. The molecule has 0 N–H and O–H groups in total. The lowest BCUT2D eigenvalue weighted by Gasteiger charge is -2.05. The first-order valence-corrected chi connectivity index (χ1v) is 5.81. The van der Waals surface area contributed by atoms with Crippen molar-refractivity contribution in [3.8, 4) is 5.75 Å². The maximum Gasteiger partial charge on any atom is 0.154 e. The van der Waals surface area contributed by atoms with E-state index in [-0.39, 0.29) is 6.10 Å². The van der Waals surface area contributed by atoms with Crippen LogP contribution in [0.4, 0.5) is 0 Å². The quantitative estimate of drug-likeness (QED) is 0.732. The summed E-state index contributed by atoms with van der Waals surface area (Å²) in [5, 5.41) is 1.09. The minimum Gasteiger partial charge on any atom is -0.483 e. The largest absolute Gasteiger partial charge is 0.483 e. The fourth-order valence-corrected chi connectivity index (χ4v) is 2.64. The average Bonchev–Trinajstić information content (AvgIpc) is 2.82. The van der Waals surface area contributed by atoms with Crippen LogP contribution < -0.4 is 4.74 Å². The average molecular weight is 217 g/mol. The molecule has 2 heterocycles. The molecule has 2 aromatic rings. The topological polar surface area (TPSA) is 22.1 Å². The molecular weight excluding hydrogens is 206 g/mol. The third-order valence-electron chi connectivity index (χ3n) is 2.56. The Bertz CT molecular complexity index is 467. The van der Waals surface area contributed by atoms with Crippen molar-refractivity contribution >= 4 is 11.3 Å². The van der Waals surface area contributed by atoms with Crippen LogP contribution in [0, 0.1) is 6.92 Å². The van der Waals surface area contributed by atoms with Gasteiger partial charge in [-0.3, -0.25) is 0 Å². The monoisotopic (exact) mass is 217 g/mol. The van der Waals surface area contributed by atoms with Gasteiger partial charge < -0.3 is 4.74 Å². The Hall–Kier alpha value is -1.35. The molecule has 3 heteroatoms. The van der Waals surface area contributed by atoms with Gasteiger partial charge in [0.05, 0.1) is 0 Å². The number of aryl methyl sites for hydroxylation is 1. The zero-order valence-corrected chi connectivity index (χ0v) is 9.25. The van der Waals surface area contributed by atoms with Crippen molar-refractivity contribution in [3.05, 3.63) is 45.9 Å². The van der Waals surface area contributed by atoms with Crippen LogP contribution >= 0.6 is 11.3 Å². The fraction of sp³-hybridized carbons (Fsp3) is 0.250. The normalized spacial score (nSPS) is 18.6. The molecule has 0 fully saturated rings. The Labute approximate surface area is 92.6 Å². The smallest absolute Gasteiger partial charge is 0.154 e. The van der Waals surface area contributed by atoms with E-state index in [9.17, 15) is 0 Å². The third-order valence-corrected chi connectivity index (χ3v) is 3.57. The van der Waals surface area contributed by atoms with Crippen molar-refractivity contribution < 1.29 is 4.74 Å². The molecule has 0 amide bonds. The number of ether oxygens (including phenoxy) is 1. The summed E-state index contributed by atoms with van der Waals surface area (Å²) in [4.78, 5) is 5.61. The van der Waals surface area contributed by atoms with Crippen LogP contribution in [0.3, 0.4) is 0 Å². The molecule has 0 bridgehead atoms. The summed E-state index contributed by atoms with van der Waals surface area (Å²) in [6.45, 7) is 2.07. The SMILES string of the molecule is Cc1cnc(C2Cc3ccccc3O2)s1. The molecule has 15 heavy (non-hydrogen) atoms. The number of fused-ring (bicyclic) bond motifs is 1. The Kier molecular flexibility index (Phi) is 1.99. The molecular formula is C12H11NOS. The maximum atomic E-state index is 5.85. The van der Waals surface area contributed by atoms with Gasteiger partial charge >= 0.3 is 0 Å². The van der Waals surface area contributed by atoms with Crippen molar-refractivity contribution in [1.82, 2.24) is 4.98 Å². The van der Waals surface area contributed by atoms with E-state index in [1.807, 2.05) is 18.3 Å². The number of nitrogens with zero attached hydrogens (tertiary/aromatic N) is 1. The second-order valence-corrected chi connectivity index (χ2v) is 4.99. The predicted octanol–water partition coefficient (Wildman–Crippen LogP) is 3.13. The number of para-hydroxylation sites is 1. The van der Waals surface area contributed by atoms with Gasteiger partial charge in [-0.1, -0.05) is 18.2 Å². The van der Waals surface area contributed by atoms with Gasteiger partial charge in [-0.15, -0.1) is 11.3 Å². The lowest BCUT2D eigenvalue weighted by Crippen LogP contribution is -2.01. The molecule has 0 aliphatic carbocycles. The van der Waals surface area contributed by atoms with E-state index in [0.717, 1.165) is 17.2 Å². The van der Waals surface area contributed by atoms with Crippen LogP contribution in [-0.2, 0) is 6.42 Å². The highest BCUT2D eigenvalue weighted by Gasteiger charge is 2.25. The lowest BCUT2D eigenvalue weighted by atomic mass is 10.1. The van der Waals surface area contributed by atoms with E-state index in [1.54, 1.807) is 11.3 Å². The summed E-state index contributed by atoms with van der Waals surface area (Å²) in [5.74, 6) is 1.01. The minimum atomic E-state index is 0.126. The first kappa shape index (κ1) is 8.92. The van der Waals surface area contributed by atoms with Crippen molar-refractivity contribution in [3.63, 3.8) is 0 Å². The third kappa shape index (κ3) is 1.53. The highest BCUT2D eigenvalue weighted by Crippen LogP contribution is 2.37. The van der Waals surface area contributed by atoms with Gasteiger partial charge in [0.15, 0.2) is 6.10 Å². The number of hydrogen-bond donors (Lipinski definition) is 0. The number of aromatic nitrogens is 1. The van der Waals surface area contributed by atoms with Gasteiger partial charge in [-0.05, 0) is 18.6 Å². The van der Waals surface area contributed by atoms with E-state index in [4.69, 9.17) is 4.74 Å². The Morgan fingerprint density at radius 2 is 2.27 bits per heavy atom. The molecule has 1 aromatic heterocycles. The van der Waals surface area contributed by atoms with E-state index < -0.39 is 0 Å². The van der Waals surface area contributed by atoms with Gasteiger partial charge in [-0.25, -0.2) is 4.98 Å². The highest BCUT2D eigenvalue weighted by atomic mass is 32.1. The number of thiazole rings is 1. The first-order chi connectivity index (χ1) is 7.33. The summed E-state index contributed by atoms with van der Waals surface area (Å²) in [7, 11) is 0. The lowest BCUT2D eigenvalue weighted by molar-refractivity contribution is 0.238. The zero-order valence-electron chi connectivity index (χ0n) is 8.43. The number of hydrogen-bond acceptors (Lipinski definition) is 3.